The number of benzene rings is 2. The number of carbonyl (C=O) groups is 1. The molecule has 0 saturated carbocycles. The number of likely N-dealkylation sites (N-methyl/N-ethyl adjacent to an activating group) is 1. The van der Waals surface area contributed by atoms with Crippen molar-refractivity contribution < 1.29 is 18.3 Å². The zero-order chi connectivity index (χ0) is 21.1. The molecule has 5 nitrogen and oxygen atoms in total. The average molecular weight is 419 g/mol. The monoisotopic (exact) mass is 419 g/mol. The summed E-state index contributed by atoms with van der Waals surface area (Å²) in [4.78, 5) is 20.9. The minimum atomic E-state index is -0.738. The highest BCUT2D eigenvalue weighted by atomic mass is 32.1. The zero-order valence-corrected chi connectivity index (χ0v) is 17.6. The minimum absolute atomic E-state index is 0.0335. The van der Waals surface area contributed by atoms with Gasteiger partial charge in [0.15, 0.2) is 10.9 Å². The van der Waals surface area contributed by atoms with Gasteiger partial charge in [0.05, 0.1) is 10.8 Å². The molecule has 0 bridgehead atoms. The average Bonchev–Trinajstić information content (AvgIpc) is 3.05. The zero-order valence-electron chi connectivity index (χ0n) is 16.8. The van der Waals surface area contributed by atoms with E-state index in [0.29, 0.717) is 34.2 Å². The molecule has 0 aliphatic carbocycles. The van der Waals surface area contributed by atoms with Crippen molar-refractivity contribution >= 4 is 32.6 Å². The first-order valence-corrected chi connectivity index (χ1v) is 10.0. The van der Waals surface area contributed by atoms with Gasteiger partial charge in [-0.05, 0) is 58.3 Å². The highest BCUT2D eigenvalue weighted by molar-refractivity contribution is 7.22. The molecule has 0 aliphatic heterocycles. The van der Waals surface area contributed by atoms with E-state index < -0.39 is 11.6 Å². The summed E-state index contributed by atoms with van der Waals surface area (Å²) in [6, 6.07) is 8.89. The Labute approximate surface area is 172 Å². The van der Waals surface area contributed by atoms with Gasteiger partial charge in [-0.2, -0.15) is 0 Å². The lowest BCUT2D eigenvalue weighted by molar-refractivity contribution is 0.0985. The predicted molar refractivity (Wildman–Crippen MR) is 112 cm³/mol. The summed E-state index contributed by atoms with van der Waals surface area (Å²) in [5.41, 5.74) is 0.528. The van der Waals surface area contributed by atoms with Gasteiger partial charge in [-0.15, -0.1) is 0 Å². The van der Waals surface area contributed by atoms with Crippen molar-refractivity contribution in [3.8, 4) is 5.75 Å². The predicted octanol–water partition coefficient (Wildman–Crippen LogP) is 4.57. The molecule has 0 atom stereocenters. The molecule has 0 aliphatic rings. The molecule has 1 aromatic heterocycles. The van der Waals surface area contributed by atoms with Gasteiger partial charge in [0.2, 0.25) is 0 Å². The molecule has 1 heterocycles. The van der Waals surface area contributed by atoms with Crippen LogP contribution in [-0.2, 0) is 0 Å². The van der Waals surface area contributed by atoms with Crippen molar-refractivity contribution in [2.75, 3.05) is 32.1 Å². The number of amides is 1. The van der Waals surface area contributed by atoms with Crippen LogP contribution in [0.4, 0.5) is 13.9 Å². The van der Waals surface area contributed by atoms with Gasteiger partial charge in [0.25, 0.3) is 5.91 Å². The molecule has 0 N–H and O–H groups in total. The second kappa shape index (κ2) is 8.84. The number of hydrogen-bond acceptors (Lipinski definition) is 5. The van der Waals surface area contributed by atoms with Crippen LogP contribution in [0.2, 0.25) is 0 Å². The Bertz CT molecular complexity index is 1000. The summed E-state index contributed by atoms with van der Waals surface area (Å²) in [6.45, 7) is 4.81. The van der Waals surface area contributed by atoms with E-state index in [1.165, 1.54) is 11.0 Å². The molecule has 3 aromatic rings. The SMILES string of the molecule is CC(C)Oc1ccc(C(=O)N(CCN(C)C)c2nc3c(F)cc(F)cc3s2)cc1. The van der Waals surface area contributed by atoms with Crippen molar-refractivity contribution in [2.24, 2.45) is 0 Å². The van der Waals surface area contributed by atoms with Crippen molar-refractivity contribution in [3.63, 3.8) is 0 Å². The van der Waals surface area contributed by atoms with Gasteiger partial charge in [0.1, 0.15) is 17.1 Å². The van der Waals surface area contributed by atoms with Crippen LogP contribution >= 0.6 is 11.3 Å². The highest BCUT2D eigenvalue weighted by Crippen LogP contribution is 2.32. The van der Waals surface area contributed by atoms with Crippen LogP contribution in [0.3, 0.4) is 0 Å². The van der Waals surface area contributed by atoms with E-state index in [2.05, 4.69) is 4.98 Å². The smallest absolute Gasteiger partial charge is 0.260 e. The van der Waals surface area contributed by atoms with Crippen LogP contribution in [0, 0.1) is 11.6 Å². The first-order valence-electron chi connectivity index (χ1n) is 9.23. The summed E-state index contributed by atoms with van der Waals surface area (Å²) in [7, 11) is 3.79. The van der Waals surface area contributed by atoms with Gasteiger partial charge in [-0.25, -0.2) is 13.8 Å². The number of nitrogens with zero attached hydrogens (tertiary/aromatic N) is 3. The standard InChI is InChI=1S/C21H23F2N3O2S/c1-13(2)28-16-7-5-14(6-8-16)20(27)26(10-9-25(3)4)21-24-19-17(23)11-15(22)12-18(19)29-21/h5-8,11-13H,9-10H2,1-4H3. The molecule has 29 heavy (non-hydrogen) atoms. The van der Waals surface area contributed by atoms with Crippen molar-refractivity contribution in [2.45, 2.75) is 20.0 Å². The number of anilines is 1. The van der Waals surface area contributed by atoms with Crippen molar-refractivity contribution in [1.29, 1.82) is 0 Å². The Morgan fingerprint density at radius 1 is 1.14 bits per heavy atom. The molecule has 1 amide bonds. The third-order valence-corrected chi connectivity index (χ3v) is 5.15. The van der Waals surface area contributed by atoms with Gasteiger partial charge in [0, 0.05) is 24.7 Å². The van der Waals surface area contributed by atoms with E-state index in [1.807, 2.05) is 32.8 Å². The number of thiazole rings is 1. The van der Waals surface area contributed by atoms with E-state index in [4.69, 9.17) is 4.74 Å². The maximum atomic E-state index is 14.1. The van der Waals surface area contributed by atoms with Crippen LogP contribution in [-0.4, -0.2) is 49.1 Å². The molecule has 0 fully saturated rings. The number of rotatable bonds is 7. The van der Waals surface area contributed by atoms with Crippen LogP contribution in [0.25, 0.3) is 10.2 Å². The maximum Gasteiger partial charge on any atom is 0.260 e. The quantitative estimate of drug-likeness (QED) is 0.563. The Morgan fingerprint density at radius 3 is 2.45 bits per heavy atom. The molecular weight excluding hydrogens is 396 g/mol. The molecule has 3 rings (SSSR count). The van der Waals surface area contributed by atoms with Crippen molar-refractivity contribution in [1.82, 2.24) is 9.88 Å². The first-order chi connectivity index (χ1) is 13.7. The lowest BCUT2D eigenvalue weighted by Crippen LogP contribution is -2.36. The molecule has 0 unspecified atom stereocenters. The fraction of sp³-hybridized carbons (Fsp3) is 0.333. The molecule has 2 aromatic carbocycles. The number of halogens is 2. The molecular formula is C21H23F2N3O2S. The first kappa shape index (κ1) is 21.1. The maximum absolute atomic E-state index is 14.1. The van der Waals surface area contributed by atoms with Gasteiger partial charge in [-0.1, -0.05) is 11.3 Å². The second-order valence-electron chi connectivity index (χ2n) is 7.18. The van der Waals surface area contributed by atoms with E-state index in [-0.39, 0.29) is 17.5 Å². The Morgan fingerprint density at radius 2 is 1.83 bits per heavy atom. The summed E-state index contributed by atoms with van der Waals surface area (Å²) in [6.07, 6.45) is 0.0335. The van der Waals surface area contributed by atoms with Crippen LogP contribution in [0.5, 0.6) is 5.75 Å². The summed E-state index contributed by atoms with van der Waals surface area (Å²) < 4.78 is 33.6. The van der Waals surface area contributed by atoms with Crippen LogP contribution in [0.1, 0.15) is 24.2 Å². The number of aromatic nitrogens is 1. The van der Waals surface area contributed by atoms with Crippen molar-refractivity contribution in [3.05, 3.63) is 53.6 Å². The third-order valence-electron chi connectivity index (χ3n) is 4.12. The topological polar surface area (TPSA) is 45.7 Å². The number of fused-ring (bicyclic) bond motifs is 1. The second-order valence-corrected chi connectivity index (χ2v) is 8.19. The number of carbonyl (C=O) groups excluding carboxylic acids is 1. The van der Waals surface area contributed by atoms with E-state index >= 15 is 0 Å². The fourth-order valence-corrected chi connectivity index (χ4v) is 3.78. The van der Waals surface area contributed by atoms with Gasteiger partial charge >= 0.3 is 0 Å². The number of ether oxygens (including phenoxy) is 1. The van der Waals surface area contributed by atoms with Crippen LogP contribution in [0.15, 0.2) is 36.4 Å². The van der Waals surface area contributed by atoms with E-state index in [9.17, 15) is 13.6 Å². The number of hydrogen-bond donors (Lipinski definition) is 0. The molecule has 8 heteroatoms. The van der Waals surface area contributed by atoms with Gasteiger partial charge in [-0.3, -0.25) is 9.69 Å². The molecule has 0 saturated heterocycles. The third kappa shape index (κ3) is 5.07. The molecule has 154 valence electrons. The normalized spacial score (nSPS) is 11.4. The lowest BCUT2D eigenvalue weighted by atomic mass is 10.2. The highest BCUT2D eigenvalue weighted by Gasteiger charge is 2.23. The fourth-order valence-electron chi connectivity index (χ4n) is 2.75. The minimum Gasteiger partial charge on any atom is -0.491 e. The van der Waals surface area contributed by atoms with Crippen LogP contribution < -0.4 is 9.64 Å². The molecule has 0 radical (unpaired) electrons. The van der Waals surface area contributed by atoms with E-state index in [0.717, 1.165) is 17.4 Å². The Kier molecular flexibility index (Phi) is 6.44. The summed E-state index contributed by atoms with van der Waals surface area (Å²) in [5.74, 6) is -0.994. The van der Waals surface area contributed by atoms with Gasteiger partial charge < -0.3 is 9.64 Å². The molecule has 0 spiro atoms. The Hall–Kier alpha value is -2.58. The summed E-state index contributed by atoms with van der Waals surface area (Å²) in [5, 5.41) is 0.332. The summed E-state index contributed by atoms with van der Waals surface area (Å²) >= 11 is 1.09. The largest absolute Gasteiger partial charge is 0.491 e. The lowest BCUT2D eigenvalue weighted by Gasteiger charge is -2.22. The van der Waals surface area contributed by atoms with E-state index in [1.54, 1.807) is 24.3 Å². The Balaban J connectivity index is 1.94.